The van der Waals surface area contributed by atoms with Crippen LogP contribution in [0.2, 0.25) is 0 Å². The van der Waals surface area contributed by atoms with Crippen molar-refractivity contribution in [3.05, 3.63) is 18.2 Å². The SMILES string of the molecule is CCn1ncc(-c2nc3c(OC4CCN(S(=O)(=O)C(C)C)C4)ncnc3n2C)c1C. The van der Waals surface area contributed by atoms with Crippen molar-refractivity contribution >= 4 is 21.2 Å². The lowest BCUT2D eigenvalue weighted by Crippen LogP contribution is -2.35. The highest BCUT2D eigenvalue weighted by atomic mass is 32.2. The third kappa shape index (κ3) is 3.35. The fourth-order valence-corrected chi connectivity index (χ4v) is 5.10. The average Bonchev–Trinajstić information content (AvgIpc) is 3.40. The van der Waals surface area contributed by atoms with Crippen LogP contribution >= 0.6 is 0 Å². The predicted octanol–water partition coefficient (Wildman–Crippen LogP) is 1.75. The Bertz CT molecular complexity index is 1180. The standard InChI is InChI=1S/C19H27N7O3S/c1-6-26-13(4)15(9-22-26)17-23-16-18(24(17)5)20-11-21-19(16)29-14-7-8-25(10-14)30(27,28)12(2)3/h9,11-12,14H,6-8,10H2,1-5H3. The molecular weight excluding hydrogens is 406 g/mol. The van der Waals surface area contributed by atoms with Gasteiger partial charge in [0.05, 0.1) is 23.6 Å². The predicted molar refractivity (Wildman–Crippen MR) is 113 cm³/mol. The second kappa shape index (κ2) is 7.62. The second-order valence-corrected chi connectivity index (χ2v) is 10.3. The lowest BCUT2D eigenvalue weighted by molar-refractivity contribution is 0.209. The minimum absolute atomic E-state index is 0.272. The molecule has 1 atom stereocenters. The van der Waals surface area contributed by atoms with Crippen molar-refractivity contribution in [3.63, 3.8) is 0 Å². The summed E-state index contributed by atoms with van der Waals surface area (Å²) in [6.45, 7) is 8.97. The van der Waals surface area contributed by atoms with Crippen LogP contribution in [0.3, 0.4) is 0 Å². The molecule has 10 nitrogen and oxygen atoms in total. The van der Waals surface area contributed by atoms with Gasteiger partial charge >= 0.3 is 0 Å². The topological polar surface area (TPSA) is 108 Å². The van der Waals surface area contributed by atoms with Crippen molar-refractivity contribution in [3.8, 4) is 17.3 Å². The highest BCUT2D eigenvalue weighted by Gasteiger charge is 2.35. The van der Waals surface area contributed by atoms with Gasteiger partial charge in [-0.2, -0.15) is 14.4 Å². The van der Waals surface area contributed by atoms with Gasteiger partial charge in [0.15, 0.2) is 11.2 Å². The number of aromatic nitrogens is 6. The van der Waals surface area contributed by atoms with Gasteiger partial charge < -0.3 is 9.30 Å². The van der Waals surface area contributed by atoms with Gasteiger partial charge in [-0.1, -0.05) is 0 Å². The van der Waals surface area contributed by atoms with E-state index in [-0.39, 0.29) is 6.10 Å². The number of rotatable bonds is 6. The number of imidazole rings is 1. The number of sulfonamides is 1. The first-order valence-corrected chi connectivity index (χ1v) is 11.6. The molecule has 1 unspecified atom stereocenters. The van der Waals surface area contributed by atoms with Crippen LogP contribution in [0.15, 0.2) is 12.5 Å². The van der Waals surface area contributed by atoms with Gasteiger partial charge in [0.1, 0.15) is 18.3 Å². The van der Waals surface area contributed by atoms with Gasteiger partial charge in [0, 0.05) is 25.8 Å². The van der Waals surface area contributed by atoms with E-state index in [0.717, 1.165) is 23.6 Å². The molecule has 30 heavy (non-hydrogen) atoms. The number of aryl methyl sites for hydroxylation is 2. The highest BCUT2D eigenvalue weighted by molar-refractivity contribution is 7.89. The summed E-state index contributed by atoms with van der Waals surface area (Å²) in [6.07, 6.45) is 3.59. The molecule has 1 aliphatic rings. The fourth-order valence-electron chi connectivity index (χ4n) is 3.77. The molecule has 0 aromatic carbocycles. The van der Waals surface area contributed by atoms with E-state index in [2.05, 4.69) is 15.1 Å². The maximum atomic E-state index is 12.4. The number of fused-ring (bicyclic) bond motifs is 1. The maximum Gasteiger partial charge on any atom is 0.245 e. The fraction of sp³-hybridized carbons (Fsp3) is 0.579. The molecule has 0 bridgehead atoms. The summed E-state index contributed by atoms with van der Waals surface area (Å²) in [5.41, 5.74) is 3.17. The Labute approximate surface area is 175 Å². The molecule has 0 aliphatic carbocycles. The zero-order valence-electron chi connectivity index (χ0n) is 17.9. The second-order valence-electron chi connectivity index (χ2n) is 7.79. The number of ether oxygens (including phenoxy) is 1. The van der Waals surface area contributed by atoms with Crippen LogP contribution in [-0.4, -0.2) is 66.5 Å². The Balaban J connectivity index is 1.64. The lowest BCUT2D eigenvalue weighted by Gasteiger charge is -2.19. The molecule has 162 valence electrons. The van der Waals surface area contributed by atoms with E-state index < -0.39 is 15.3 Å². The van der Waals surface area contributed by atoms with Gasteiger partial charge in [-0.25, -0.2) is 18.4 Å². The summed E-state index contributed by atoms with van der Waals surface area (Å²) in [4.78, 5) is 13.4. The summed E-state index contributed by atoms with van der Waals surface area (Å²) in [5.74, 6) is 1.11. The summed E-state index contributed by atoms with van der Waals surface area (Å²) in [7, 11) is -1.40. The zero-order chi connectivity index (χ0) is 21.6. The monoisotopic (exact) mass is 433 g/mol. The first-order valence-electron chi connectivity index (χ1n) is 10.1. The number of nitrogens with zero attached hydrogens (tertiary/aromatic N) is 7. The molecule has 0 amide bonds. The molecule has 0 spiro atoms. The molecule has 1 aliphatic heterocycles. The van der Waals surface area contributed by atoms with E-state index in [4.69, 9.17) is 9.72 Å². The Morgan fingerprint density at radius 3 is 2.73 bits per heavy atom. The van der Waals surface area contributed by atoms with Crippen LogP contribution in [-0.2, 0) is 23.6 Å². The van der Waals surface area contributed by atoms with Crippen molar-refractivity contribution in [1.29, 1.82) is 0 Å². The van der Waals surface area contributed by atoms with Crippen LogP contribution in [0.4, 0.5) is 0 Å². The molecule has 4 rings (SSSR count). The third-order valence-corrected chi connectivity index (χ3v) is 7.85. The molecule has 3 aromatic heterocycles. The van der Waals surface area contributed by atoms with Crippen molar-refractivity contribution in [2.24, 2.45) is 7.05 Å². The largest absolute Gasteiger partial charge is 0.471 e. The molecule has 4 heterocycles. The zero-order valence-corrected chi connectivity index (χ0v) is 18.7. The summed E-state index contributed by atoms with van der Waals surface area (Å²) < 4.78 is 36.3. The van der Waals surface area contributed by atoms with Crippen molar-refractivity contribution in [2.75, 3.05) is 13.1 Å². The van der Waals surface area contributed by atoms with Gasteiger partial charge in [-0.15, -0.1) is 0 Å². The van der Waals surface area contributed by atoms with Crippen LogP contribution < -0.4 is 4.74 Å². The van der Waals surface area contributed by atoms with Gasteiger partial charge in [-0.05, 0) is 34.1 Å². The first-order chi connectivity index (χ1) is 14.2. The van der Waals surface area contributed by atoms with E-state index in [0.29, 0.717) is 36.6 Å². The minimum Gasteiger partial charge on any atom is -0.471 e. The van der Waals surface area contributed by atoms with Crippen molar-refractivity contribution in [1.82, 2.24) is 33.6 Å². The van der Waals surface area contributed by atoms with Crippen molar-refractivity contribution < 1.29 is 13.2 Å². The highest BCUT2D eigenvalue weighted by Crippen LogP contribution is 2.30. The Morgan fingerprint density at radius 2 is 2.07 bits per heavy atom. The van der Waals surface area contributed by atoms with E-state index >= 15 is 0 Å². The lowest BCUT2D eigenvalue weighted by atomic mass is 10.2. The summed E-state index contributed by atoms with van der Waals surface area (Å²) in [6, 6.07) is 0. The van der Waals surface area contributed by atoms with Crippen LogP contribution in [0.25, 0.3) is 22.6 Å². The molecule has 3 aromatic rings. The van der Waals surface area contributed by atoms with E-state index in [9.17, 15) is 8.42 Å². The quantitative estimate of drug-likeness (QED) is 0.583. The average molecular weight is 434 g/mol. The van der Waals surface area contributed by atoms with Crippen LogP contribution in [0.5, 0.6) is 5.88 Å². The van der Waals surface area contributed by atoms with E-state index in [1.54, 1.807) is 20.0 Å². The van der Waals surface area contributed by atoms with E-state index in [1.165, 1.54) is 10.6 Å². The van der Waals surface area contributed by atoms with Gasteiger partial charge in [0.25, 0.3) is 0 Å². The normalized spacial score (nSPS) is 18.0. The Hall–Kier alpha value is -2.53. The molecule has 11 heteroatoms. The smallest absolute Gasteiger partial charge is 0.245 e. The number of hydrogen-bond donors (Lipinski definition) is 0. The maximum absolute atomic E-state index is 12.4. The van der Waals surface area contributed by atoms with Crippen molar-refractivity contribution in [2.45, 2.75) is 52.0 Å². The molecular formula is C19H27N7O3S. The molecule has 1 saturated heterocycles. The van der Waals surface area contributed by atoms with Crippen LogP contribution in [0.1, 0.15) is 32.9 Å². The summed E-state index contributed by atoms with van der Waals surface area (Å²) >= 11 is 0. The van der Waals surface area contributed by atoms with Gasteiger partial charge in [-0.3, -0.25) is 4.68 Å². The van der Waals surface area contributed by atoms with Gasteiger partial charge in [0.2, 0.25) is 15.9 Å². The van der Waals surface area contributed by atoms with Crippen LogP contribution in [0, 0.1) is 6.92 Å². The molecule has 0 radical (unpaired) electrons. The summed E-state index contributed by atoms with van der Waals surface area (Å²) in [5, 5.41) is 3.96. The number of hydrogen-bond acceptors (Lipinski definition) is 7. The Kier molecular flexibility index (Phi) is 5.27. The molecule has 0 N–H and O–H groups in total. The third-order valence-electron chi connectivity index (χ3n) is 5.61. The van der Waals surface area contributed by atoms with E-state index in [1.807, 2.05) is 30.1 Å². The minimum atomic E-state index is -3.30. The first kappa shape index (κ1) is 20.7. The molecule has 0 saturated carbocycles. The Morgan fingerprint density at radius 1 is 1.30 bits per heavy atom. The molecule has 1 fully saturated rings.